The number of aliphatic hydroxyl groups excluding tert-OH is 7. The number of allylic oxidation sites excluding steroid dienone is 2. The molecule has 4 heterocycles. The molecule has 0 radical (unpaired) electrons. The van der Waals surface area contributed by atoms with Crippen molar-refractivity contribution in [1.82, 2.24) is 5.32 Å². The molecule has 1 aromatic rings. The minimum atomic E-state index is -1.93. The third-order valence-electron chi connectivity index (χ3n) is 8.76. The fourth-order valence-corrected chi connectivity index (χ4v) is 6.05. The first-order chi connectivity index (χ1) is 23.6. The zero-order valence-electron chi connectivity index (χ0n) is 25.9. The third kappa shape index (κ3) is 7.30. The fourth-order valence-electron chi connectivity index (χ4n) is 6.05. The first kappa shape index (κ1) is 37.0. The van der Waals surface area contributed by atoms with E-state index in [1.807, 2.05) is 0 Å². The molecule has 5 rings (SSSR count). The predicted octanol–water partition coefficient (Wildman–Crippen LogP) is -4.54. The van der Waals surface area contributed by atoms with Gasteiger partial charge in [-0.3, -0.25) is 0 Å². The van der Waals surface area contributed by atoms with E-state index in [4.69, 9.17) is 18.9 Å². The first-order valence-electron chi connectivity index (χ1n) is 15.3. The van der Waals surface area contributed by atoms with E-state index in [0.717, 1.165) is 0 Å². The lowest BCUT2D eigenvalue weighted by molar-refractivity contribution is -0.456. The van der Waals surface area contributed by atoms with Crippen molar-refractivity contribution in [2.24, 2.45) is 0 Å². The van der Waals surface area contributed by atoms with Crippen LogP contribution in [-0.4, -0.2) is 172 Å². The highest BCUT2D eigenvalue weighted by atomic mass is 16.8. The number of fused-ring (bicyclic) bond motifs is 1. The highest BCUT2D eigenvalue weighted by molar-refractivity contribution is 5.89. The van der Waals surface area contributed by atoms with Gasteiger partial charge in [-0.05, 0) is 17.7 Å². The smallest absolute Gasteiger partial charge is 0.373 e. The van der Waals surface area contributed by atoms with Crippen molar-refractivity contribution in [2.45, 2.75) is 86.3 Å². The summed E-state index contributed by atoms with van der Waals surface area (Å²) < 4.78 is 23.7. The van der Waals surface area contributed by atoms with Gasteiger partial charge in [0.1, 0.15) is 54.5 Å². The molecule has 12 N–H and O–H groups in total. The molecule has 0 amide bonds. The van der Waals surface area contributed by atoms with Crippen molar-refractivity contribution in [1.29, 1.82) is 0 Å². The fraction of sp³-hybridized carbons (Fsp3) is 0.533. The molecule has 0 aliphatic carbocycles. The summed E-state index contributed by atoms with van der Waals surface area (Å²) in [7, 11) is 0. The van der Waals surface area contributed by atoms with E-state index in [1.165, 1.54) is 35.1 Å². The Labute approximate surface area is 281 Å². The van der Waals surface area contributed by atoms with Crippen LogP contribution >= 0.6 is 0 Å². The van der Waals surface area contributed by atoms with Gasteiger partial charge in [-0.25, -0.2) is 14.4 Å². The topological polar surface area (TPSA) is 326 Å². The van der Waals surface area contributed by atoms with E-state index >= 15 is 0 Å². The second-order valence-corrected chi connectivity index (χ2v) is 12.0. The number of aliphatic carboxylic acids is 3. The molecule has 0 bridgehead atoms. The number of phenolic OH excluding ortho intramolecular Hbond substituents is 1. The van der Waals surface area contributed by atoms with Gasteiger partial charge < -0.3 is 80.4 Å². The summed E-state index contributed by atoms with van der Waals surface area (Å²) in [6.07, 6.45) is -13.9. The van der Waals surface area contributed by atoms with Crippen LogP contribution in [-0.2, 0) is 35.0 Å². The summed E-state index contributed by atoms with van der Waals surface area (Å²) in [5.74, 6) is -4.92. The summed E-state index contributed by atoms with van der Waals surface area (Å²) in [6, 6.07) is -0.0990. The van der Waals surface area contributed by atoms with Crippen LogP contribution in [0.5, 0.6) is 11.5 Å². The van der Waals surface area contributed by atoms with Crippen LogP contribution in [0.25, 0.3) is 0 Å². The van der Waals surface area contributed by atoms with Crippen molar-refractivity contribution < 1.29 is 94.1 Å². The molecule has 50 heavy (non-hydrogen) atoms. The number of nitrogens with one attached hydrogen (secondary N) is 1. The number of hydrogen-bond donors (Lipinski definition) is 12. The minimum Gasteiger partial charge on any atom is -0.504 e. The molecule has 4 aliphatic rings. The zero-order valence-corrected chi connectivity index (χ0v) is 25.9. The highest BCUT2D eigenvalue weighted by Gasteiger charge is 2.52. The Hall–Kier alpha value is -4.22. The van der Waals surface area contributed by atoms with Crippen LogP contribution < -0.4 is 10.1 Å². The normalized spacial score (nSPS) is 37.1. The molecular formula is C30H37N2O18+. The third-order valence-corrected chi connectivity index (χ3v) is 8.76. The molecule has 0 aromatic heterocycles. The lowest BCUT2D eigenvalue weighted by Gasteiger charge is -2.45. The van der Waals surface area contributed by atoms with Crippen LogP contribution in [0, 0.1) is 0 Å². The highest BCUT2D eigenvalue weighted by Crippen LogP contribution is 2.41. The Balaban J connectivity index is 1.48. The Bertz CT molecular complexity index is 1580. The van der Waals surface area contributed by atoms with Gasteiger partial charge in [0.2, 0.25) is 12.0 Å². The predicted molar refractivity (Wildman–Crippen MR) is 159 cm³/mol. The maximum Gasteiger partial charge on any atom is 0.373 e. The number of rotatable bonds is 10. The van der Waals surface area contributed by atoms with Gasteiger partial charge in [0.15, 0.2) is 30.1 Å². The molecular weight excluding hydrogens is 676 g/mol. The van der Waals surface area contributed by atoms with E-state index < -0.39 is 110 Å². The van der Waals surface area contributed by atoms with Gasteiger partial charge in [-0.15, -0.1) is 0 Å². The standard InChI is InChI=1S/C30H36N2O18/c33-8-18-20(36)22(38)24(40)29(48-18)50-25-23(39)21(37)19(9-34)49-30(25)47-17-7-14-11(6-16(17)35)5-15(28(45)46)32(14)2-1-10-3-12(26(41)42)31-13(4-10)27(43)44/h1-3,6-7,13,15,18-25,29-30,33-34,36-40H,4-5,8-9H2,(H4,35,41,42,43,44,45,46)/p+1/t13-,15-,18+,19+,20+,21+,22+,23+,24+,25+,29-,30+/m0/s1. The number of carboxylic acids is 3. The molecule has 12 atom stereocenters. The number of nitrogens with zero attached hydrogens (tertiary/aromatic N) is 1. The molecule has 0 unspecified atom stereocenters. The number of aliphatic hydroxyl groups is 7. The van der Waals surface area contributed by atoms with Gasteiger partial charge in [-0.2, -0.15) is 4.58 Å². The second-order valence-electron chi connectivity index (χ2n) is 12.0. The Morgan fingerprint density at radius 3 is 2.10 bits per heavy atom. The van der Waals surface area contributed by atoms with Crippen molar-refractivity contribution in [3.8, 4) is 11.5 Å². The van der Waals surface area contributed by atoms with Crippen LogP contribution in [0.2, 0.25) is 0 Å². The molecule has 2 saturated heterocycles. The average Bonchev–Trinajstić information content (AvgIpc) is 3.43. The summed E-state index contributed by atoms with van der Waals surface area (Å²) in [5.41, 5.74) is 0.360. The maximum absolute atomic E-state index is 12.2. The average molecular weight is 714 g/mol. The van der Waals surface area contributed by atoms with Crippen molar-refractivity contribution in [3.05, 3.63) is 41.1 Å². The Kier molecular flexibility index (Phi) is 11.1. The van der Waals surface area contributed by atoms with Crippen LogP contribution in [0.15, 0.2) is 35.6 Å². The Morgan fingerprint density at radius 2 is 1.50 bits per heavy atom. The number of hydrogen-bond acceptors (Lipinski definition) is 16. The summed E-state index contributed by atoms with van der Waals surface area (Å²) in [5, 5.41) is 114. The quantitative estimate of drug-likeness (QED) is 0.102. The van der Waals surface area contributed by atoms with Crippen molar-refractivity contribution >= 4 is 29.8 Å². The van der Waals surface area contributed by atoms with Gasteiger partial charge in [0.05, 0.1) is 25.7 Å². The number of carboxylic acid groups (broad SMARTS) is 3. The van der Waals surface area contributed by atoms with E-state index in [0.29, 0.717) is 5.56 Å². The number of carbonyl (C=O) groups is 3. The molecule has 0 spiro atoms. The zero-order chi connectivity index (χ0) is 36.6. The molecule has 20 nitrogen and oxygen atoms in total. The first-order valence-corrected chi connectivity index (χ1v) is 15.3. The van der Waals surface area contributed by atoms with E-state index in [9.17, 15) is 70.6 Å². The summed E-state index contributed by atoms with van der Waals surface area (Å²) in [6.45, 7) is -1.63. The largest absolute Gasteiger partial charge is 0.504 e. The molecule has 2 fully saturated rings. The lowest BCUT2D eigenvalue weighted by Crippen LogP contribution is -2.65. The van der Waals surface area contributed by atoms with E-state index in [2.05, 4.69) is 5.32 Å². The van der Waals surface area contributed by atoms with Gasteiger partial charge in [0, 0.05) is 18.1 Å². The van der Waals surface area contributed by atoms with Crippen LogP contribution in [0.3, 0.4) is 0 Å². The summed E-state index contributed by atoms with van der Waals surface area (Å²) >= 11 is 0. The number of benzene rings is 1. The summed E-state index contributed by atoms with van der Waals surface area (Å²) in [4.78, 5) is 35.4. The van der Waals surface area contributed by atoms with Crippen LogP contribution in [0.4, 0.5) is 5.69 Å². The molecule has 4 aliphatic heterocycles. The number of ether oxygens (including phenoxy) is 4. The number of phenols is 1. The Morgan fingerprint density at radius 1 is 0.860 bits per heavy atom. The van der Waals surface area contributed by atoms with Gasteiger partial charge in [-0.1, -0.05) is 0 Å². The molecule has 274 valence electrons. The molecule has 1 aromatic carbocycles. The second kappa shape index (κ2) is 14.9. The monoisotopic (exact) mass is 713 g/mol. The molecule has 0 saturated carbocycles. The van der Waals surface area contributed by atoms with Crippen LogP contribution in [0.1, 0.15) is 12.0 Å². The van der Waals surface area contributed by atoms with E-state index in [1.54, 1.807) is 0 Å². The SMILES string of the molecule is O=C(O)C1=C/C(=C/C=[N+]2c3cc(O[C@@H]4O[C@H](CO)[C@@H](O)[C@@H](O)[C@H]4O[C@@H]4O[C@H](CO)[C@@H](O)[C@@H](O)[C@H]4O)c(O)cc3C[C@H]2C(=O)O)C[C@@H](C(=O)O)N1. The number of aromatic hydroxyl groups is 1. The van der Waals surface area contributed by atoms with Crippen molar-refractivity contribution in [2.75, 3.05) is 13.2 Å². The molecule has 20 heteroatoms. The minimum absolute atomic E-state index is 0.117. The van der Waals surface area contributed by atoms with Gasteiger partial charge in [0.25, 0.3) is 6.04 Å². The lowest BCUT2D eigenvalue weighted by atomic mass is 9.97. The maximum atomic E-state index is 12.2. The van der Waals surface area contributed by atoms with Crippen molar-refractivity contribution in [3.63, 3.8) is 0 Å². The van der Waals surface area contributed by atoms with E-state index in [-0.39, 0.29) is 35.5 Å². The van der Waals surface area contributed by atoms with Gasteiger partial charge >= 0.3 is 17.9 Å².